The average Bonchev–Trinajstić information content (AvgIpc) is 2.37. The van der Waals surface area contributed by atoms with E-state index in [0.717, 1.165) is 12.5 Å². The lowest BCUT2D eigenvalue weighted by molar-refractivity contribution is -0.384. The maximum Gasteiger partial charge on any atom is 0.273 e. The van der Waals surface area contributed by atoms with E-state index in [1.807, 2.05) is 6.92 Å². The number of benzene rings is 1. The van der Waals surface area contributed by atoms with Gasteiger partial charge in [-0.05, 0) is 12.5 Å². The maximum atomic E-state index is 11.9. The van der Waals surface area contributed by atoms with Crippen molar-refractivity contribution in [3.63, 3.8) is 0 Å². The molecule has 0 fully saturated rings. The highest BCUT2D eigenvalue weighted by atomic mass is 16.6. The van der Waals surface area contributed by atoms with Crippen molar-refractivity contribution in [3.8, 4) is 5.75 Å². The van der Waals surface area contributed by atoms with Crippen LogP contribution >= 0.6 is 0 Å². The number of carbonyl (C=O) groups is 1. The molecular weight excluding hydrogens is 250 g/mol. The summed E-state index contributed by atoms with van der Waals surface area (Å²) in [6.45, 7) is 2.16. The van der Waals surface area contributed by atoms with Crippen molar-refractivity contribution in [1.29, 1.82) is 0 Å². The van der Waals surface area contributed by atoms with Gasteiger partial charge in [-0.3, -0.25) is 14.9 Å². The van der Waals surface area contributed by atoms with E-state index < -0.39 is 4.92 Å². The Balaban J connectivity index is 2.82. The van der Waals surface area contributed by atoms with Gasteiger partial charge in [-0.25, -0.2) is 0 Å². The van der Waals surface area contributed by atoms with Gasteiger partial charge in [0.25, 0.3) is 5.69 Å². The number of nitrogens with one attached hydrogen (secondary N) is 1. The molecule has 0 bridgehead atoms. The first-order valence-electron chi connectivity index (χ1n) is 5.98. The Morgan fingerprint density at radius 3 is 2.74 bits per heavy atom. The van der Waals surface area contributed by atoms with Crippen LogP contribution in [0, 0.1) is 16.0 Å². The maximum absolute atomic E-state index is 11.9. The van der Waals surface area contributed by atoms with Gasteiger partial charge in [0.05, 0.1) is 22.6 Å². The number of anilines is 1. The molecule has 7 heteroatoms. The summed E-state index contributed by atoms with van der Waals surface area (Å²) < 4.78 is 0. The normalized spacial score (nSPS) is 11.9. The molecule has 0 aliphatic rings. The third-order valence-corrected chi connectivity index (χ3v) is 2.74. The van der Waals surface area contributed by atoms with E-state index >= 15 is 0 Å². The second kappa shape index (κ2) is 6.69. The number of phenolic OH excluding ortho intramolecular Hbond substituents is 1. The Hall–Kier alpha value is -2.15. The van der Waals surface area contributed by atoms with Crippen LogP contribution in [0.4, 0.5) is 11.4 Å². The first-order valence-corrected chi connectivity index (χ1v) is 5.98. The molecule has 1 unspecified atom stereocenters. The van der Waals surface area contributed by atoms with E-state index in [-0.39, 0.29) is 35.5 Å². The zero-order valence-corrected chi connectivity index (χ0v) is 10.6. The van der Waals surface area contributed by atoms with Gasteiger partial charge in [0.15, 0.2) is 0 Å². The van der Waals surface area contributed by atoms with E-state index in [2.05, 4.69) is 5.32 Å². The Bertz CT molecular complexity index is 476. The summed E-state index contributed by atoms with van der Waals surface area (Å²) in [5.74, 6) is -0.970. The molecule has 0 aliphatic carbocycles. The minimum absolute atomic E-state index is 0.144. The van der Waals surface area contributed by atoms with Crippen molar-refractivity contribution in [1.82, 2.24) is 0 Å². The number of nitrogens with two attached hydrogens (primary N) is 1. The summed E-state index contributed by atoms with van der Waals surface area (Å²) in [5.41, 5.74) is 5.41. The van der Waals surface area contributed by atoms with Crippen LogP contribution in [0.2, 0.25) is 0 Å². The molecule has 0 heterocycles. The highest BCUT2D eigenvalue weighted by Crippen LogP contribution is 2.28. The van der Waals surface area contributed by atoms with Crippen LogP contribution in [-0.2, 0) is 4.79 Å². The van der Waals surface area contributed by atoms with Gasteiger partial charge in [0, 0.05) is 12.6 Å². The Morgan fingerprint density at radius 2 is 2.26 bits per heavy atom. The number of phenols is 1. The summed E-state index contributed by atoms with van der Waals surface area (Å²) in [6.07, 6.45) is 1.47. The van der Waals surface area contributed by atoms with Gasteiger partial charge >= 0.3 is 0 Å². The number of nitro groups is 1. The summed E-state index contributed by atoms with van der Waals surface area (Å²) in [5, 5.41) is 22.7. The molecule has 1 aromatic rings. The zero-order valence-electron chi connectivity index (χ0n) is 10.6. The van der Waals surface area contributed by atoms with Crippen LogP contribution in [0.3, 0.4) is 0 Å². The molecule has 0 aliphatic heterocycles. The molecule has 7 nitrogen and oxygen atoms in total. The van der Waals surface area contributed by atoms with Crippen molar-refractivity contribution in [2.75, 3.05) is 11.9 Å². The highest BCUT2D eigenvalue weighted by molar-refractivity contribution is 5.94. The first-order chi connectivity index (χ1) is 8.99. The van der Waals surface area contributed by atoms with Crippen molar-refractivity contribution in [3.05, 3.63) is 28.3 Å². The highest BCUT2D eigenvalue weighted by Gasteiger charge is 2.18. The molecule has 0 saturated heterocycles. The molecule has 1 atom stereocenters. The lowest BCUT2D eigenvalue weighted by Crippen LogP contribution is -2.29. The predicted molar refractivity (Wildman–Crippen MR) is 70.8 cm³/mol. The number of hydrogen-bond acceptors (Lipinski definition) is 5. The number of carbonyl (C=O) groups excluding carboxylic acids is 1. The fraction of sp³-hybridized carbons (Fsp3) is 0.417. The topological polar surface area (TPSA) is 118 Å². The lowest BCUT2D eigenvalue weighted by Gasteiger charge is -2.14. The number of aromatic hydroxyl groups is 1. The Morgan fingerprint density at radius 1 is 1.58 bits per heavy atom. The molecule has 1 rings (SSSR count). The smallest absolute Gasteiger partial charge is 0.273 e. The summed E-state index contributed by atoms with van der Waals surface area (Å²) in [6, 6.07) is 3.50. The van der Waals surface area contributed by atoms with E-state index in [1.165, 1.54) is 12.1 Å². The monoisotopic (exact) mass is 267 g/mol. The quantitative estimate of drug-likeness (QED) is 0.411. The number of nitro benzene ring substituents is 1. The molecule has 104 valence electrons. The standard InChI is InChI=1S/C12H17N3O4/c1-2-3-8(7-13)12(17)14-10-5-4-9(15(18)19)6-11(10)16/h4-6,8,16H,2-3,7,13H2,1H3,(H,14,17). The SMILES string of the molecule is CCCC(CN)C(=O)Nc1ccc([N+](=O)[O-])cc1O. The van der Waals surface area contributed by atoms with Gasteiger partial charge in [-0.2, -0.15) is 0 Å². The lowest BCUT2D eigenvalue weighted by atomic mass is 10.0. The minimum Gasteiger partial charge on any atom is -0.506 e. The van der Waals surface area contributed by atoms with E-state index in [9.17, 15) is 20.0 Å². The van der Waals surface area contributed by atoms with Gasteiger partial charge < -0.3 is 16.2 Å². The minimum atomic E-state index is -0.620. The molecule has 0 saturated carbocycles. The van der Waals surface area contributed by atoms with E-state index in [0.29, 0.717) is 6.42 Å². The fourth-order valence-electron chi connectivity index (χ4n) is 1.68. The van der Waals surface area contributed by atoms with Crippen LogP contribution in [0.1, 0.15) is 19.8 Å². The molecule has 0 aromatic heterocycles. The Kier molecular flexibility index (Phi) is 5.25. The number of nitrogens with zero attached hydrogens (tertiary/aromatic N) is 1. The number of non-ortho nitro benzene ring substituents is 1. The van der Waals surface area contributed by atoms with Crippen molar-refractivity contribution in [2.45, 2.75) is 19.8 Å². The summed E-state index contributed by atoms with van der Waals surface area (Å²) >= 11 is 0. The average molecular weight is 267 g/mol. The molecule has 19 heavy (non-hydrogen) atoms. The number of hydrogen-bond donors (Lipinski definition) is 3. The predicted octanol–water partition coefficient (Wildman–Crippen LogP) is 1.61. The molecule has 0 radical (unpaired) electrons. The first kappa shape index (κ1) is 14.9. The summed E-state index contributed by atoms with van der Waals surface area (Å²) in [7, 11) is 0. The van der Waals surface area contributed by atoms with Crippen molar-refractivity contribution in [2.24, 2.45) is 11.7 Å². The van der Waals surface area contributed by atoms with Gasteiger partial charge in [0.1, 0.15) is 5.75 Å². The van der Waals surface area contributed by atoms with Crippen LogP contribution < -0.4 is 11.1 Å². The van der Waals surface area contributed by atoms with Crippen LogP contribution in [0.25, 0.3) is 0 Å². The Labute approximate surface area is 110 Å². The van der Waals surface area contributed by atoms with Gasteiger partial charge in [0.2, 0.25) is 5.91 Å². The zero-order chi connectivity index (χ0) is 14.4. The van der Waals surface area contributed by atoms with Crippen molar-refractivity contribution < 1.29 is 14.8 Å². The third-order valence-electron chi connectivity index (χ3n) is 2.74. The molecule has 1 aromatic carbocycles. The molecule has 0 spiro atoms. The van der Waals surface area contributed by atoms with E-state index in [1.54, 1.807) is 0 Å². The fourth-order valence-corrected chi connectivity index (χ4v) is 1.68. The molecule has 1 amide bonds. The number of amides is 1. The van der Waals surface area contributed by atoms with E-state index in [4.69, 9.17) is 5.73 Å². The second-order valence-electron chi connectivity index (χ2n) is 4.17. The largest absolute Gasteiger partial charge is 0.506 e. The second-order valence-corrected chi connectivity index (χ2v) is 4.17. The van der Waals surface area contributed by atoms with Gasteiger partial charge in [-0.15, -0.1) is 0 Å². The van der Waals surface area contributed by atoms with Crippen molar-refractivity contribution >= 4 is 17.3 Å². The molecular formula is C12H17N3O4. The molecule has 4 N–H and O–H groups in total. The van der Waals surface area contributed by atoms with Crippen LogP contribution in [-0.4, -0.2) is 22.5 Å². The van der Waals surface area contributed by atoms with Crippen LogP contribution in [0.5, 0.6) is 5.75 Å². The summed E-state index contributed by atoms with van der Waals surface area (Å²) in [4.78, 5) is 21.8. The number of rotatable bonds is 6. The van der Waals surface area contributed by atoms with Gasteiger partial charge in [-0.1, -0.05) is 13.3 Å². The third kappa shape index (κ3) is 3.92. The van der Waals surface area contributed by atoms with Crippen LogP contribution in [0.15, 0.2) is 18.2 Å².